The number of rotatable bonds is 9. The Bertz CT molecular complexity index is 1060. The molecular weight excluding hydrogens is 503 g/mol. The summed E-state index contributed by atoms with van der Waals surface area (Å²) in [7, 11) is -15.6. The summed E-state index contributed by atoms with van der Waals surface area (Å²) in [4.78, 5) is 51.7. The van der Waals surface area contributed by atoms with Crippen LogP contribution >= 0.6 is 23.5 Å². The Kier molecular flexibility index (Phi) is 7.92. The molecule has 20 heteroatoms. The Morgan fingerprint density at radius 3 is 2.34 bits per heavy atom. The third kappa shape index (κ3) is 6.52. The van der Waals surface area contributed by atoms with Gasteiger partial charge in [0.15, 0.2) is 6.23 Å². The van der Waals surface area contributed by atoms with Crippen LogP contribution in [-0.4, -0.2) is 65.8 Å². The summed E-state index contributed by atoms with van der Waals surface area (Å²) in [6.45, 7) is 1.79. The molecule has 4 unspecified atom stereocenters. The number of aliphatic hydroxyl groups is 1. The number of hydrogen-bond acceptors (Lipinski definition) is 12. The van der Waals surface area contributed by atoms with Crippen molar-refractivity contribution in [2.45, 2.75) is 37.9 Å². The average molecular weight is 525 g/mol. The van der Waals surface area contributed by atoms with Crippen molar-refractivity contribution in [2.75, 3.05) is 19.5 Å². The molecule has 0 amide bonds. The van der Waals surface area contributed by atoms with Gasteiger partial charge in [0.05, 0.1) is 6.61 Å². The molecule has 1 fully saturated rings. The molecule has 1 aliphatic rings. The number of ether oxygens (including phenoxy) is 2. The molecule has 0 bridgehead atoms. The van der Waals surface area contributed by atoms with Crippen LogP contribution in [0.2, 0.25) is 0 Å². The Morgan fingerprint density at radius 1 is 1.22 bits per heavy atom. The highest BCUT2D eigenvalue weighted by Crippen LogP contribution is 2.66. The highest BCUT2D eigenvalue weighted by atomic mass is 31.3. The molecule has 0 aromatic carbocycles. The molecule has 0 saturated carbocycles. The first-order valence-electron chi connectivity index (χ1n) is 8.42. The predicted octanol–water partition coefficient (Wildman–Crippen LogP) is -0.859. The first-order chi connectivity index (χ1) is 14.4. The Morgan fingerprint density at radius 2 is 1.81 bits per heavy atom. The molecule has 184 valence electrons. The molecule has 7 N–H and O–H groups in total. The molecule has 1 aliphatic heterocycles. The van der Waals surface area contributed by atoms with E-state index in [-0.39, 0.29) is 5.82 Å². The van der Waals surface area contributed by atoms with E-state index in [0.717, 1.165) is 4.57 Å². The molecule has 0 radical (unpaired) electrons. The molecule has 32 heavy (non-hydrogen) atoms. The van der Waals surface area contributed by atoms with Crippen LogP contribution in [0.4, 0.5) is 5.82 Å². The number of methoxy groups -OCH3 is 1. The molecule has 17 nitrogen and oxygen atoms in total. The van der Waals surface area contributed by atoms with Gasteiger partial charge in [-0.3, -0.25) is 9.09 Å². The molecule has 2 rings (SSSR count). The number of aromatic nitrogens is 2. The zero-order valence-corrected chi connectivity index (χ0v) is 19.4. The van der Waals surface area contributed by atoms with Gasteiger partial charge in [0.1, 0.15) is 23.6 Å². The van der Waals surface area contributed by atoms with Gasteiger partial charge in [-0.1, -0.05) is 0 Å². The van der Waals surface area contributed by atoms with Crippen molar-refractivity contribution >= 4 is 29.3 Å². The van der Waals surface area contributed by atoms with Crippen molar-refractivity contribution in [3.63, 3.8) is 0 Å². The van der Waals surface area contributed by atoms with Gasteiger partial charge in [0.2, 0.25) is 0 Å². The Balaban J connectivity index is 2.22. The minimum atomic E-state index is -5.72. The molecule has 1 saturated heterocycles. The Hall–Kier alpha value is -1.03. The topological polar surface area (TPSA) is 259 Å². The largest absolute Gasteiger partial charge is 0.490 e. The predicted molar refractivity (Wildman–Crippen MR) is 103 cm³/mol. The molecule has 1 aromatic heterocycles. The van der Waals surface area contributed by atoms with Gasteiger partial charge in [-0.25, -0.2) is 18.5 Å². The van der Waals surface area contributed by atoms with Crippen molar-refractivity contribution in [3.8, 4) is 0 Å². The van der Waals surface area contributed by atoms with E-state index in [9.17, 15) is 33.4 Å². The van der Waals surface area contributed by atoms with E-state index < -0.39 is 59.8 Å². The van der Waals surface area contributed by atoms with Gasteiger partial charge < -0.3 is 39.9 Å². The lowest BCUT2D eigenvalue weighted by molar-refractivity contribution is -0.116. The normalized spacial score (nSPS) is 30.1. The van der Waals surface area contributed by atoms with Crippen LogP contribution in [0.5, 0.6) is 0 Å². The maximum atomic E-state index is 12.2. The van der Waals surface area contributed by atoms with E-state index >= 15 is 0 Å². The summed E-state index contributed by atoms with van der Waals surface area (Å²) in [6.07, 6.45) is -2.77. The molecule has 0 aliphatic carbocycles. The Labute approximate surface area is 180 Å². The number of aliphatic hydroxyl groups excluding tert-OH is 1. The number of anilines is 1. The van der Waals surface area contributed by atoms with Crippen molar-refractivity contribution in [2.24, 2.45) is 0 Å². The van der Waals surface area contributed by atoms with E-state index in [0.29, 0.717) is 5.56 Å². The number of phosphoric ester groups is 1. The monoisotopic (exact) mass is 525 g/mol. The van der Waals surface area contributed by atoms with Gasteiger partial charge >= 0.3 is 29.2 Å². The van der Waals surface area contributed by atoms with Crippen molar-refractivity contribution in [1.82, 2.24) is 9.55 Å². The third-order valence-electron chi connectivity index (χ3n) is 4.26. The summed E-state index contributed by atoms with van der Waals surface area (Å²) in [5.41, 5.74) is 3.30. The molecule has 6 atom stereocenters. The zero-order chi connectivity index (χ0) is 24.7. The van der Waals surface area contributed by atoms with E-state index in [1.807, 2.05) is 0 Å². The van der Waals surface area contributed by atoms with Crippen LogP contribution in [0.15, 0.2) is 11.0 Å². The summed E-state index contributed by atoms with van der Waals surface area (Å²) in [5.74, 6) is -0.0332. The molecule has 2 heterocycles. The van der Waals surface area contributed by atoms with Gasteiger partial charge in [0.25, 0.3) is 0 Å². The van der Waals surface area contributed by atoms with E-state index in [1.165, 1.54) is 20.2 Å². The standard InChI is InChI=1S/C12H22N3O14P3/c1-6-4-15(11(17)14-9(6)13)10-7(25-3)8(16)12(2,27-10)5-26-31(21,22)29-32(23,24)28-30(18,19)20/h4,7-8,10,16H,5H2,1-3H3,(H,21,22)(H,23,24)(H2,13,14,17)(H2,18,19,20)/t7?,8?,10-,12-/m1/s1. The lowest BCUT2D eigenvalue weighted by Crippen LogP contribution is -2.44. The fourth-order valence-corrected chi connectivity index (χ4v) is 5.88. The third-order valence-corrected chi connectivity index (χ3v) is 8.04. The molecular formula is C12H22N3O14P3. The van der Waals surface area contributed by atoms with Crippen molar-refractivity contribution in [3.05, 3.63) is 22.2 Å². The van der Waals surface area contributed by atoms with Gasteiger partial charge in [-0.2, -0.15) is 13.6 Å². The maximum absolute atomic E-state index is 12.2. The second-order valence-electron chi connectivity index (χ2n) is 6.83. The summed E-state index contributed by atoms with van der Waals surface area (Å²) >= 11 is 0. The van der Waals surface area contributed by atoms with Gasteiger partial charge in [-0.05, 0) is 13.8 Å². The van der Waals surface area contributed by atoms with E-state index in [4.69, 9.17) is 25.0 Å². The maximum Gasteiger partial charge on any atom is 0.490 e. The minimum absolute atomic E-state index is 0.0332. The van der Waals surface area contributed by atoms with E-state index in [2.05, 4.69) is 18.1 Å². The van der Waals surface area contributed by atoms with Crippen LogP contribution in [0, 0.1) is 6.92 Å². The SMILES string of the molecule is COC1C(O)[C@@](C)(COP(=O)(O)OP(=O)(O)OP(=O)(O)O)O[C@H]1n1cc(C)c(N)nc1=O. The number of nitrogen functional groups attached to an aromatic ring is 1. The number of aryl methyl sites for hydroxylation is 1. The second kappa shape index (κ2) is 9.31. The lowest BCUT2D eigenvalue weighted by atomic mass is 9.98. The smallest absolute Gasteiger partial charge is 0.387 e. The fraction of sp³-hybridized carbons (Fsp3) is 0.667. The van der Waals surface area contributed by atoms with Crippen LogP contribution in [0.3, 0.4) is 0 Å². The van der Waals surface area contributed by atoms with Crippen LogP contribution in [0.1, 0.15) is 18.7 Å². The minimum Gasteiger partial charge on any atom is -0.387 e. The highest BCUT2D eigenvalue weighted by Gasteiger charge is 2.54. The summed E-state index contributed by atoms with van der Waals surface area (Å²) < 4.78 is 57.6. The first kappa shape index (κ1) is 27.2. The number of nitrogens with zero attached hydrogens (tertiary/aromatic N) is 2. The zero-order valence-electron chi connectivity index (χ0n) is 16.7. The number of hydrogen-bond donors (Lipinski definition) is 6. The van der Waals surface area contributed by atoms with Crippen molar-refractivity contribution in [1.29, 1.82) is 0 Å². The van der Waals surface area contributed by atoms with Gasteiger partial charge in [-0.15, -0.1) is 0 Å². The lowest BCUT2D eigenvalue weighted by Gasteiger charge is -2.28. The van der Waals surface area contributed by atoms with Gasteiger partial charge in [0, 0.05) is 18.9 Å². The number of nitrogens with two attached hydrogens (primary N) is 1. The van der Waals surface area contributed by atoms with Crippen molar-refractivity contribution < 1.29 is 61.0 Å². The fourth-order valence-electron chi connectivity index (χ4n) is 2.77. The highest BCUT2D eigenvalue weighted by molar-refractivity contribution is 7.66. The first-order valence-corrected chi connectivity index (χ1v) is 12.9. The summed E-state index contributed by atoms with van der Waals surface area (Å²) in [6, 6.07) is 0. The quantitative estimate of drug-likeness (QED) is 0.214. The molecule has 1 aromatic rings. The number of phosphoric acid groups is 3. The van der Waals surface area contributed by atoms with Crippen LogP contribution in [0.25, 0.3) is 0 Å². The second-order valence-corrected chi connectivity index (χ2v) is 11.2. The average Bonchev–Trinajstić information content (AvgIpc) is 2.84. The van der Waals surface area contributed by atoms with Crippen LogP contribution in [-0.2, 0) is 36.3 Å². The van der Waals surface area contributed by atoms with Crippen LogP contribution < -0.4 is 11.4 Å². The van der Waals surface area contributed by atoms with E-state index in [1.54, 1.807) is 6.92 Å². The summed E-state index contributed by atoms with van der Waals surface area (Å²) in [5, 5.41) is 10.6. The molecule has 0 spiro atoms.